The van der Waals surface area contributed by atoms with Crippen molar-refractivity contribution in [3.63, 3.8) is 0 Å². The van der Waals surface area contributed by atoms with Gasteiger partial charge in [0.15, 0.2) is 10.5 Å². The van der Waals surface area contributed by atoms with Crippen LogP contribution in [0.4, 0.5) is 13.2 Å². The summed E-state index contributed by atoms with van der Waals surface area (Å²) in [4.78, 5) is 30.7. The van der Waals surface area contributed by atoms with E-state index < -0.39 is 35.0 Å². The van der Waals surface area contributed by atoms with Crippen molar-refractivity contribution in [1.29, 1.82) is 5.26 Å². The lowest BCUT2D eigenvalue weighted by Crippen LogP contribution is -2.41. The highest BCUT2D eigenvalue weighted by Crippen LogP contribution is 2.38. The number of benzene rings is 3. The third-order valence-electron chi connectivity index (χ3n) is 7.37. The molecule has 0 saturated heterocycles. The molecule has 7 nitrogen and oxygen atoms in total. The van der Waals surface area contributed by atoms with E-state index >= 15 is 0 Å². The zero-order valence-corrected chi connectivity index (χ0v) is 25.1. The summed E-state index contributed by atoms with van der Waals surface area (Å²) in [6.45, 7) is 1.69. The Morgan fingerprint density at radius 3 is 2.53 bits per heavy atom. The summed E-state index contributed by atoms with van der Waals surface area (Å²) in [6, 6.07) is 21.4. The molecule has 12 heteroatoms. The zero-order chi connectivity index (χ0) is 31.9. The van der Waals surface area contributed by atoms with E-state index in [9.17, 15) is 28.0 Å². The van der Waals surface area contributed by atoms with Gasteiger partial charge in [-0.15, -0.1) is 0 Å². The molecule has 0 bridgehead atoms. The molecule has 0 N–H and O–H groups in total. The number of ether oxygens (including phenoxy) is 1. The van der Waals surface area contributed by atoms with Gasteiger partial charge in [0.2, 0.25) is 0 Å². The minimum Gasteiger partial charge on any atom is -0.463 e. The highest BCUT2D eigenvalue weighted by molar-refractivity contribution is 7.07. The maximum Gasteiger partial charge on any atom is 0.434 e. The average Bonchev–Trinajstić information content (AvgIpc) is 3.53. The van der Waals surface area contributed by atoms with E-state index in [1.165, 1.54) is 31.2 Å². The van der Waals surface area contributed by atoms with Gasteiger partial charge in [-0.25, -0.2) is 9.79 Å². The summed E-state index contributed by atoms with van der Waals surface area (Å²) in [5.41, 5.74) is 0.250. The number of para-hydroxylation sites is 1. The van der Waals surface area contributed by atoms with Crippen LogP contribution >= 0.6 is 22.9 Å². The normalized spacial score (nSPS) is 15.1. The van der Waals surface area contributed by atoms with Crippen molar-refractivity contribution in [1.82, 2.24) is 9.13 Å². The van der Waals surface area contributed by atoms with Crippen molar-refractivity contribution in [3.05, 3.63) is 137 Å². The molecule has 3 aromatic carbocycles. The number of nitrogens with zero attached hydrogens (tertiary/aromatic N) is 4. The number of fused-ring (bicyclic) bond motifs is 2. The van der Waals surface area contributed by atoms with Crippen LogP contribution in [-0.4, -0.2) is 27.9 Å². The van der Waals surface area contributed by atoms with E-state index in [0.29, 0.717) is 22.7 Å². The Morgan fingerprint density at radius 1 is 1.11 bits per heavy atom. The molecule has 1 aliphatic rings. The van der Waals surface area contributed by atoms with E-state index in [1.807, 2.05) is 47.2 Å². The van der Waals surface area contributed by atoms with Crippen LogP contribution in [0, 0.1) is 11.3 Å². The third-order valence-corrected chi connectivity index (χ3v) is 8.60. The first kappa shape index (κ1) is 30.1. The molecule has 2 aromatic heterocycles. The Labute approximate surface area is 263 Å². The Bertz CT molecular complexity index is 2220. The average molecular weight is 647 g/mol. The van der Waals surface area contributed by atoms with Crippen molar-refractivity contribution in [3.8, 4) is 6.07 Å². The fourth-order valence-electron chi connectivity index (χ4n) is 5.41. The lowest BCUT2D eigenvalue weighted by Gasteiger charge is -2.26. The van der Waals surface area contributed by atoms with Crippen molar-refractivity contribution in [2.45, 2.75) is 25.7 Å². The van der Waals surface area contributed by atoms with Gasteiger partial charge in [-0.1, -0.05) is 71.5 Å². The van der Waals surface area contributed by atoms with Crippen LogP contribution in [-0.2, 0) is 16.1 Å². The molecule has 5 aromatic rings. The predicted octanol–water partition coefficient (Wildman–Crippen LogP) is 5.87. The fourth-order valence-corrected chi connectivity index (χ4v) is 6.53. The second-order valence-corrected chi connectivity index (χ2v) is 11.6. The van der Waals surface area contributed by atoms with Gasteiger partial charge < -0.3 is 9.30 Å². The zero-order valence-electron chi connectivity index (χ0n) is 23.5. The van der Waals surface area contributed by atoms with Gasteiger partial charge in [-0.2, -0.15) is 18.4 Å². The summed E-state index contributed by atoms with van der Waals surface area (Å²) in [5, 5.41) is 10.7. The summed E-state index contributed by atoms with van der Waals surface area (Å²) in [7, 11) is 0. The number of allylic oxidation sites excluding steroid dienone is 1. The number of hydrogen-bond donors (Lipinski definition) is 0. The summed E-state index contributed by atoms with van der Waals surface area (Å²) in [6.07, 6.45) is -1.56. The number of hydrogen-bond acceptors (Lipinski definition) is 6. The number of halogens is 4. The number of aromatic nitrogens is 2. The first-order valence-corrected chi connectivity index (χ1v) is 14.9. The van der Waals surface area contributed by atoms with Gasteiger partial charge in [-0.05, 0) is 48.4 Å². The highest BCUT2D eigenvalue weighted by atomic mass is 35.5. The van der Waals surface area contributed by atoms with Gasteiger partial charge >= 0.3 is 12.1 Å². The molecule has 0 amide bonds. The van der Waals surface area contributed by atoms with Crippen molar-refractivity contribution in [2.75, 3.05) is 6.61 Å². The van der Waals surface area contributed by atoms with Gasteiger partial charge in [-0.3, -0.25) is 9.36 Å². The fraction of sp³-hybridized carbons (Fsp3) is 0.152. The highest BCUT2D eigenvalue weighted by Gasteiger charge is 2.45. The van der Waals surface area contributed by atoms with E-state index in [-0.39, 0.29) is 21.5 Å². The van der Waals surface area contributed by atoms with Gasteiger partial charge in [0.05, 0.1) is 34.4 Å². The second-order valence-electron chi connectivity index (χ2n) is 10.1. The topological polar surface area (TPSA) is 89.4 Å². The molecule has 45 heavy (non-hydrogen) atoms. The largest absolute Gasteiger partial charge is 0.463 e. The smallest absolute Gasteiger partial charge is 0.434 e. The maximum absolute atomic E-state index is 14.4. The third kappa shape index (κ3) is 5.59. The van der Waals surface area contributed by atoms with Crippen LogP contribution in [0.15, 0.2) is 100 Å². The Morgan fingerprint density at radius 2 is 1.82 bits per heavy atom. The van der Waals surface area contributed by atoms with E-state index in [4.69, 9.17) is 16.3 Å². The lowest BCUT2D eigenvalue weighted by atomic mass is 9.95. The van der Waals surface area contributed by atoms with Crippen molar-refractivity contribution >= 4 is 45.9 Å². The molecule has 0 unspecified atom stereocenters. The lowest BCUT2D eigenvalue weighted by molar-refractivity contribution is -0.140. The molecule has 0 saturated carbocycles. The minimum absolute atomic E-state index is 0.125. The number of carbonyl (C=O) groups excluding carboxylic acids is 1. The molecule has 3 heterocycles. The number of nitriles is 1. The molecule has 0 aliphatic carbocycles. The quantitative estimate of drug-likeness (QED) is 0.216. The number of esters is 1. The SMILES string of the molecule is CCOC(=O)C1=C(C(F)(F)F)N=c2s/c(=C\c3cn(Cc4ccccc4C#N)c4ccccc34)c(=O)n2[C@@H]1c1ccc(Cl)cc1. The van der Waals surface area contributed by atoms with Crippen LogP contribution in [0.5, 0.6) is 0 Å². The minimum atomic E-state index is -5.00. The van der Waals surface area contributed by atoms with Crippen LogP contribution in [0.1, 0.15) is 35.2 Å². The van der Waals surface area contributed by atoms with E-state index in [0.717, 1.165) is 32.4 Å². The Balaban J connectivity index is 1.57. The number of rotatable bonds is 6. The molecule has 0 fully saturated rings. The Kier molecular flexibility index (Phi) is 7.95. The first-order valence-electron chi connectivity index (χ1n) is 13.7. The van der Waals surface area contributed by atoms with Crippen molar-refractivity contribution < 1.29 is 22.7 Å². The van der Waals surface area contributed by atoms with Gasteiger partial charge in [0.1, 0.15) is 0 Å². The molecular formula is C33H22ClF3N4O3S. The van der Waals surface area contributed by atoms with Crippen LogP contribution in [0.2, 0.25) is 5.02 Å². The Hall–Kier alpha value is -4.92. The molecular weight excluding hydrogens is 625 g/mol. The van der Waals surface area contributed by atoms with Crippen LogP contribution < -0.4 is 14.9 Å². The standard InChI is InChI=1S/C33H22ClF3N4O3S/c1-2-44-31(43)27-28(19-11-13-23(34)14-12-19)41-30(42)26(45-32(41)39-29(27)33(35,36)37)15-22-18-40(25-10-6-5-9-24(22)25)17-21-8-4-3-7-20(21)16-38/h3-15,18,28H,2,17H2,1H3/b26-15-/t28-/m1/s1. The van der Waals surface area contributed by atoms with Gasteiger partial charge in [0, 0.05) is 34.2 Å². The molecule has 6 rings (SSSR count). The molecule has 0 radical (unpaired) electrons. The molecule has 1 aliphatic heterocycles. The maximum atomic E-state index is 14.4. The molecule has 0 spiro atoms. The van der Waals surface area contributed by atoms with Gasteiger partial charge in [0.25, 0.3) is 5.56 Å². The molecule has 226 valence electrons. The first-order chi connectivity index (χ1) is 21.6. The summed E-state index contributed by atoms with van der Waals surface area (Å²) < 4.78 is 51.4. The van der Waals surface area contributed by atoms with Crippen LogP contribution in [0.25, 0.3) is 17.0 Å². The monoisotopic (exact) mass is 646 g/mol. The number of alkyl halides is 3. The molecule has 1 atom stereocenters. The second kappa shape index (κ2) is 11.9. The van der Waals surface area contributed by atoms with Crippen LogP contribution in [0.3, 0.4) is 0 Å². The number of carbonyl (C=O) groups is 1. The predicted molar refractivity (Wildman–Crippen MR) is 164 cm³/mol. The van der Waals surface area contributed by atoms with E-state index in [1.54, 1.807) is 18.2 Å². The summed E-state index contributed by atoms with van der Waals surface area (Å²) in [5.74, 6) is -1.22. The van der Waals surface area contributed by atoms with Crippen molar-refractivity contribution in [2.24, 2.45) is 4.99 Å². The number of thiazole rings is 1. The summed E-state index contributed by atoms with van der Waals surface area (Å²) >= 11 is 6.85. The van der Waals surface area contributed by atoms with E-state index in [2.05, 4.69) is 11.1 Å².